The Balaban J connectivity index is 0. The second-order valence-electron chi connectivity index (χ2n) is 0.615. The molecular weight excluding hydrogens is 120 g/mol. The van der Waals surface area contributed by atoms with Gasteiger partial charge < -0.3 is 0 Å². The van der Waals surface area contributed by atoms with Crippen LogP contribution in [0.15, 0.2) is 0 Å². The smallest absolute Gasteiger partial charge is 0.241 e. The predicted octanol–water partition coefficient (Wildman–Crippen LogP) is -1.61. The Labute approximate surface area is 76.5 Å². The van der Waals surface area contributed by atoms with Crippen LogP contribution in [0.5, 0.6) is 0 Å². The van der Waals surface area contributed by atoms with Crippen molar-refractivity contribution in [2.24, 2.45) is 0 Å². The molecule has 4 heteroatoms. The molecule has 0 aliphatic heterocycles. The summed E-state index contributed by atoms with van der Waals surface area (Å²) in [5.41, 5.74) is 0. The summed E-state index contributed by atoms with van der Waals surface area (Å²) in [4.78, 5) is 0. The summed E-state index contributed by atoms with van der Waals surface area (Å²) < 4.78 is 30.7. The van der Waals surface area contributed by atoms with E-state index in [9.17, 15) is 13.2 Å². The van der Waals surface area contributed by atoms with E-state index in [1.54, 1.807) is 6.92 Å². The number of hydrogen-bond acceptors (Lipinski definition) is 0. The first kappa shape index (κ1) is 10.4. The van der Waals surface area contributed by atoms with Gasteiger partial charge in [-0.05, 0) is 0 Å². The molecule has 0 fully saturated rings. The molecular formula is C2H2F3K. The molecule has 0 spiro atoms. The minimum absolute atomic E-state index is 0. The van der Waals surface area contributed by atoms with Crippen molar-refractivity contribution < 1.29 is 64.6 Å². The number of hydrogen-bond donors (Lipinski definition) is 0. The van der Waals surface area contributed by atoms with Crippen molar-refractivity contribution in [2.75, 3.05) is 0 Å². The van der Waals surface area contributed by atoms with E-state index in [-0.39, 0.29) is 51.4 Å². The van der Waals surface area contributed by atoms with Crippen molar-refractivity contribution in [2.45, 2.75) is 6.18 Å². The molecule has 0 saturated heterocycles. The summed E-state index contributed by atoms with van der Waals surface area (Å²) in [6.45, 7) is 1.77. The van der Waals surface area contributed by atoms with Crippen LogP contribution in [0.1, 0.15) is 0 Å². The number of rotatable bonds is 0. The van der Waals surface area contributed by atoms with Crippen LogP contribution in [0.2, 0.25) is 0 Å². The van der Waals surface area contributed by atoms with E-state index in [0.29, 0.717) is 0 Å². The maximum absolute atomic E-state index is 10.2. The van der Waals surface area contributed by atoms with Gasteiger partial charge in [0.05, 0.1) is 0 Å². The van der Waals surface area contributed by atoms with Gasteiger partial charge in [-0.2, -0.15) is 0 Å². The SMILES string of the molecule is [CH2-]C(F)(F)F.[K+]. The summed E-state index contributed by atoms with van der Waals surface area (Å²) >= 11 is 0. The summed E-state index contributed by atoms with van der Waals surface area (Å²) in [7, 11) is 0. The normalized spacial score (nSPS) is 10.0. The van der Waals surface area contributed by atoms with Gasteiger partial charge in [0.25, 0.3) is 6.18 Å². The molecule has 0 aliphatic rings. The molecule has 0 N–H and O–H groups in total. The second-order valence-corrected chi connectivity index (χ2v) is 0.615. The monoisotopic (exact) mass is 122 g/mol. The molecule has 0 amide bonds. The van der Waals surface area contributed by atoms with E-state index in [2.05, 4.69) is 0 Å². The van der Waals surface area contributed by atoms with E-state index >= 15 is 0 Å². The van der Waals surface area contributed by atoms with E-state index in [1.165, 1.54) is 0 Å². The minimum Gasteiger partial charge on any atom is -0.241 e. The van der Waals surface area contributed by atoms with Gasteiger partial charge >= 0.3 is 51.4 Å². The Bertz CT molecular complexity index is 24.3. The van der Waals surface area contributed by atoms with Crippen LogP contribution in [0, 0.1) is 6.92 Å². The fraction of sp³-hybridized carbons (Fsp3) is 0.500. The first-order valence-electron chi connectivity index (χ1n) is 0.921. The Morgan fingerprint density at radius 1 is 1.17 bits per heavy atom. The fourth-order valence-electron chi connectivity index (χ4n) is 0. The molecule has 0 unspecified atom stereocenters. The van der Waals surface area contributed by atoms with E-state index in [0.717, 1.165) is 0 Å². The molecule has 0 atom stereocenters. The Kier molecular flexibility index (Phi) is 5.96. The second kappa shape index (κ2) is 3.43. The number of halogens is 3. The molecule has 0 aromatic carbocycles. The van der Waals surface area contributed by atoms with Gasteiger partial charge in [-0.1, -0.05) is 0 Å². The van der Waals surface area contributed by atoms with Crippen molar-refractivity contribution in [3.8, 4) is 0 Å². The summed E-state index contributed by atoms with van der Waals surface area (Å²) in [5.74, 6) is 0. The molecule has 0 saturated carbocycles. The fourth-order valence-corrected chi connectivity index (χ4v) is 0. The van der Waals surface area contributed by atoms with Gasteiger partial charge in [0, 0.05) is 0 Å². The van der Waals surface area contributed by atoms with Crippen LogP contribution in [-0.4, -0.2) is 6.18 Å². The zero-order chi connectivity index (χ0) is 4.50. The van der Waals surface area contributed by atoms with Gasteiger partial charge in [0.15, 0.2) is 0 Å². The van der Waals surface area contributed by atoms with E-state index < -0.39 is 6.18 Å². The zero-order valence-corrected chi connectivity index (χ0v) is 6.46. The van der Waals surface area contributed by atoms with Crippen molar-refractivity contribution in [3.05, 3.63) is 6.92 Å². The van der Waals surface area contributed by atoms with Crippen molar-refractivity contribution >= 4 is 0 Å². The van der Waals surface area contributed by atoms with E-state index in [4.69, 9.17) is 0 Å². The maximum Gasteiger partial charge on any atom is 1.00 e. The Morgan fingerprint density at radius 3 is 1.17 bits per heavy atom. The molecule has 0 nitrogen and oxygen atoms in total. The van der Waals surface area contributed by atoms with Crippen LogP contribution in [0.25, 0.3) is 0 Å². The first-order chi connectivity index (χ1) is 2.00. The predicted molar refractivity (Wildman–Crippen MR) is 11.4 cm³/mol. The number of alkyl halides is 3. The van der Waals surface area contributed by atoms with Gasteiger partial charge in [0.1, 0.15) is 0 Å². The Hall–Kier alpha value is 1.43. The largest absolute Gasteiger partial charge is 1.00 e. The van der Waals surface area contributed by atoms with Crippen LogP contribution in [0.3, 0.4) is 0 Å². The van der Waals surface area contributed by atoms with Gasteiger partial charge in [-0.25, -0.2) is 20.1 Å². The standard InChI is InChI=1S/C2H2F3.K/c1-2(3,4)5;/h1H2;/q-1;+1. The first-order valence-corrected chi connectivity index (χ1v) is 0.921. The minimum atomic E-state index is -4.25. The van der Waals surface area contributed by atoms with Gasteiger partial charge in [0.2, 0.25) is 0 Å². The molecule has 6 heavy (non-hydrogen) atoms. The summed E-state index contributed by atoms with van der Waals surface area (Å²) in [5, 5.41) is 0. The van der Waals surface area contributed by atoms with Gasteiger partial charge in [-0.3, -0.25) is 0 Å². The third-order valence-electron chi connectivity index (χ3n) is 0. The topological polar surface area (TPSA) is 0 Å². The van der Waals surface area contributed by atoms with Gasteiger partial charge in [-0.15, -0.1) is 0 Å². The van der Waals surface area contributed by atoms with Crippen LogP contribution < -0.4 is 51.4 Å². The average molecular weight is 122 g/mol. The van der Waals surface area contributed by atoms with E-state index in [1.807, 2.05) is 0 Å². The van der Waals surface area contributed by atoms with Crippen molar-refractivity contribution in [3.63, 3.8) is 0 Å². The summed E-state index contributed by atoms with van der Waals surface area (Å²) in [6.07, 6.45) is -4.25. The van der Waals surface area contributed by atoms with Crippen LogP contribution >= 0.6 is 0 Å². The zero-order valence-electron chi connectivity index (χ0n) is 3.34. The molecule has 0 heterocycles. The van der Waals surface area contributed by atoms with Crippen molar-refractivity contribution in [1.82, 2.24) is 0 Å². The average Bonchev–Trinajstić information content (AvgIpc) is 0.722. The molecule has 0 aromatic rings. The quantitative estimate of drug-likeness (QED) is 0.268. The molecule has 32 valence electrons. The molecule has 0 bridgehead atoms. The molecule has 0 rings (SSSR count). The maximum atomic E-state index is 10.2. The van der Waals surface area contributed by atoms with Crippen LogP contribution in [0.4, 0.5) is 13.2 Å². The third-order valence-corrected chi connectivity index (χ3v) is 0. The summed E-state index contributed by atoms with van der Waals surface area (Å²) in [6, 6.07) is 0. The van der Waals surface area contributed by atoms with Crippen molar-refractivity contribution in [1.29, 1.82) is 0 Å². The molecule has 0 aliphatic carbocycles. The van der Waals surface area contributed by atoms with Crippen LogP contribution in [-0.2, 0) is 0 Å². The Morgan fingerprint density at radius 2 is 1.17 bits per heavy atom. The molecule has 0 aromatic heterocycles. The third kappa shape index (κ3) is 52.3. The molecule has 0 radical (unpaired) electrons.